The van der Waals surface area contributed by atoms with E-state index in [2.05, 4.69) is 21.3 Å². The number of unbranched alkanes of at least 4 members (excludes halogenated alkanes) is 1. The molecule has 1 saturated heterocycles. The van der Waals surface area contributed by atoms with E-state index in [1.165, 1.54) is 12.1 Å². The van der Waals surface area contributed by atoms with Crippen molar-refractivity contribution in [3.05, 3.63) is 12.1 Å². The SMILES string of the molecule is CC1NC(=O)NC1CCNC(=O)NCCCCC(=O)On1c(O)ccc1O. The van der Waals surface area contributed by atoms with E-state index in [4.69, 9.17) is 4.84 Å². The normalized spacial score (nSPS) is 18.5. The van der Waals surface area contributed by atoms with Crippen LogP contribution in [0.3, 0.4) is 0 Å². The molecule has 0 spiro atoms. The molecule has 0 aliphatic carbocycles. The van der Waals surface area contributed by atoms with Gasteiger partial charge in [0, 0.05) is 37.7 Å². The Kier molecular flexibility index (Phi) is 7.15. The van der Waals surface area contributed by atoms with Crippen LogP contribution >= 0.6 is 0 Å². The highest BCUT2D eigenvalue weighted by Gasteiger charge is 2.27. The minimum absolute atomic E-state index is 0.0111. The quantitative estimate of drug-likeness (QED) is 0.324. The summed E-state index contributed by atoms with van der Waals surface area (Å²) in [5.74, 6) is -1.36. The first-order valence-corrected chi connectivity index (χ1v) is 8.76. The van der Waals surface area contributed by atoms with E-state index >= 15 is 0 Å². The maximum absolute atomic E-state index is 11.7. The van der Waals surface area contributed by atoms with Gasteiger partial charge in [-0.05, 0) is 26.2 Å². The number of nitrogens with one attached hydrogen (secondary N) is 4. The molecule has 150 valence electrons. The summed E-state index contributed by atoms with van der Waals surface area (Å²) in [5.41, 5.74) is 0. The van der Waals surface area contributed by atoms with Crippen LogP contribution in [0.25, 0.3) is 0 Å². The lowest BCUT2D eigenvalue weighted by Gasteiger charge is -2.14. The van der Waals surface area contributed by atoms with Crippen LogP contribution in [-0.2, 0) is 4.79 Å². The fourth-order valence-corrected chi connectivity index (χ4v) is 2.61. The minimum atomic E-state index is -0.609. The van der Waals surface area contributed by atoms with Gasteiger partial charge in [0.05, 0.1) is 6.04 Å². The third-order valence-corrected chi connectivity index (χ3v) is 4.10. The first-order chi connectivity index (χ1) is 12.9. The summed E-state index contributed by atoms with van der Waals surface area (Å²) in [4.78, 5) is 39.3. The predicted molar refractivity (Wildman–Crippen MR) is 94.1 cm³/mol. The lowest BCUT2D eigenvalue weighted by Crippen LogP contribution is -2.40. The molecule has 2 atom stereocenters. The second kappa shape index (κ2) is 9.55. The van der Waals surface area contributed by atoms with E-state index in [9.17, 15) is 24.6 Å². The van der Waals surface area contributed by atoms with Crippen molar-refractivity contribution >= 4 is 18.0 Å². The number of aromatic nitrogens is 1. The molecule has 2 unspecified atom stereocenters. The zero-order valence-electron chi connectivity index (χ0n) is 15.0. The summed E-state index contributed by atoms with van der Waals surface area (Å²) in [6.45, 7) is 2.71. The van der Waals surface area contributed by atoms with Gasteiger partial charge in [-0.15, -0.1) is 4.73 Å². The van der Waals surface area contributed by atoms with Crippen molar-refractivity contribution in [2.45, 2.75) is 44.7 Å². The predicted octanol–water partition coefficient (Wildman–Crippen LogP) is -0.216. The van der Waals surface area contributed by atoms with Crippen LogP contribution < -0.4 is 26.1 Å². The van der Waals surface area contributed by atoms with Crippen LogP contribution in [0.2, 0.25) is 0 Å². The molecule has 1 aromatic rings. The summed E-state index contributed by atoms with van der Waals surface area (Å²) >= 11 is 0. The highest BCUT2D eigenvalue weighted by atomic mass is 16.7. The number of hydrogen-bond acceptors (Lipinski definition) is 6. The number of nitrogens with zero attached hydrogens (tertiary/aromatic N) is 1. The van der Waals surface area contributed by atoms with Crippen molar-refractivity contribution in [3.8, 4) is 11.8 Å². The van der Waals surface area contributed by atoms with E-state index in [1.54, 1.807) is 0 Å². The number of aromatic hydroxyl groups is 2. The van der Waals surface area contributed by atoms with E-state index in [-0.39, 0.29) is 42.3 Å². The number of rotatable bonds is 9. The van der Waals surface area contributed by atoms with Gasteiger partial charge in [0.25, 0.3) is 0 Å². The molecule has 0 aromatic carbocycles. The first kappa shape index (κ1) is 20.2. The molecule has 1 aliphatic rings. The Balaban J connectivity index is 1.50. The number of hydrogen-bond donors (Lipinski definition) is 6. The second-order valence-electron chi connectivity index (χ2n) is 6.25. The lowest BCUT2D eigenvalue weighted by molar-refractivity contribution is -0.145. The lowest BCUT2D eigenvalue weighted by atomic mass is 10.1. The van der Waals surface area contributed by atoms with Crippen molar-refractivity contribution in [2.24, 2.45) is 0 Å². The van der Waals surface area contributed by atoms with Crippen LogP contribution in [0.1, 0.15) is 32.6 Å². The average Bonchev–Trinajstić information content (AvgIpc) is 3.09. The fourth-order valence-electron chi connectivity index (χ4n) is 2.61. The van der Waals surface area contributed by atoms with Gasteiger partial charge in [-0.3, -0.25) is 0 Å². The molecular weight excluding hydrogens is 358 g/mol. The van der Waals surface area contributed by atoms with E-state index in [1.807, 2.05) is 6.92 Å². The van der Waals surface area contributed by atoms with Crippen molar-refractivity contribution < 1.29 is 29.4 Å². The fraction of sp³-hybridized carbons (Fsp3) is 0.562. The van der Waals surface area contributed by atoms with Crippen molar-refractivity contribution in [1.29, 1.82) is 0 Å². The number of urea groups is 2. The van der Waals surface area contributed by atoms with Crippen LogP contribution in [0.4, 0.5) is 9.59 Å². The molecule has 6 N–H and O–H groups in total. The van der Waals surface area contributed by atoms with Crippen LogP contribution in [-0.4, -0.2) is 58.1 Å². The van der Waals surface area contributed by atoms with Crippen molar-refractivity contribution in [2.75, 3.05) is 13.1 Å². The van der Waals surface area contributed by atoms with Gasteiger partial charge < -0.3 is 36.3 Å². The molecule has 1 aliphatic heterocycles. The summed E-state index contributed by atoms with van der Waals surface area (Å²) in [7, 11) is 0. The smallest absolute Gasteiger partial charge is 0.333 e. The van der Waals surface area contributed by atoms with Crippen molar-refractivity contribution in [1.82, 2.24) is 26.0 Å². The topological polar surface area (TPSA) is 154 Å². The Labute approximate surface area is 156 Å². The molecule has 4 amide bonds. The van der Waals surface area contributed by atoms with Gasteiger partial charge in [0.1, 0.15) is 0 Å². The minimum Gasteiger partial charge on any atom is -0.492 e. The Hall–Kier alpha value is -3.11. The molecule has 11 heteroatoms. The molecule has 11 nitrogen and oxygen atoms in total. The summed E-state index contributed by atoms with van der Waals surface area (Å²) < 4.78 is 0.636. The van der Waals surface area contributed by atoms with Gasteiger partial charge in [-0.1, -0.05) is 0 Å². The third kappa shape index (κ3) is 6.28. The average molecular weight is 383 g/mol. The summed E-state index contributed by atoms with van der Waals surface area (Å²) in [5, 5.41) is 29.6. The van der Waals surface area contributed by atoms with Crippen LogP contribution in [0.5, 0.6) is 11.8 Å². The molecular formula is C16H25N5O6. The van der Waals surface area contributed by atoms with Crippen LogP contribution in [0.15, 0.2) is 12.1 Å². The highest BCUT2D eigenvalue weighted by Crippen LogP contribution is 2.18. The Morgan fingerprint density at radius 1 is 1.15 bits per heavy atom. The maximum Gasteiger partial charge on any atom is 0.333 e. The second-order valence-corrected chi connectivity index (χ2v) is 6.25. The van der Waals surface area contributed by atoms with Gasteiger partial charge in [-0.2, -0.15) is 0 Å². The van der Waals surface area contributed by atoms with Crippen LogP contribution in [0, 0.1) is 0 Å². The third-order valence-electron chi connectivity index (χ3n) is 4.10. The zero-order valence-corrected chi connectivity index (χ0v) is 15.0. The number of amides is 4. The number of carbonyl (C=O) groups is 3. The van der Waals surface area contributed by atoms with E-state index in [0.717, 1.165) is 0 Å². The van der Waals surface area contributed by atoms with Gasteiger partial charge >= 0.3 is 18.0 Å². The molecule has 2 heterocycles. The van der Waals surface area contributed by atoms with E-state index in [0.29, 0.717) is 37.1 Å². The molecule has 1 aromatic heterocycles. The molecule has 0 radical (unpaired) electrons. The number of carbonyl (C=O) groups excluding carboxylic acids is 3. The molecule has 2 rings (SSSR count). The van der Waals surface area contributed by atoms with Gasteiger partial charge in [0.2, 0.25) is 11.8 Å². The molecule has 0 saturated carbocycles. The standard InChI is InChI=1S/C16H25N5O6/c1-10-11(20-16(26)19-10)7-9-18-15(25)17-8-3-2-4-14(24)27-21-12(22)5-6-13(21)23/h5-6,10-11,22-23H,2-4,7-9H2,1H3,(H2,17,18,25)(H2,19,20,26). The van der Waals surface area contributed by atoms with Crippen molar-refractivity contribution in [3.63, 3.8) is 0 Å². The summed E-state index contributed by atoms with van der Waals surface area (Å²) in [6.07, 6.45) is 1.73. The highest BCUT2D eigenvalue weighted by molar-refractivity contribution is 5.77. The molecule has 0 bridgehead atoms. The van der Waals surface area contributed by atoms with Gasteiger partial charge in [-0.25, -0.2) is 14.4 Å². The Bertz CT molecular complexity index is 657. The summed E-state index contributed by atoms with van der Waals surface area (Å²) in [6, 6.07) is 1.90. The first-order valence-electron chi connectivity index (χ1n) is 8.76. The molecule has 1 fully saturated rings. The van der Waals surface area contributed by atoms with E-state index < -0.39 is 5.97 Å². The maximum atomic E-state index is 11.7. The largest absolute Gasteiger partial charge is 0.492 e. The van der Waals surface area contributed by atoms with Gasteiger partial charge in [0.15, 0.2) is 0 Å². The molecule has 27 heavy (non-hydrogen) atoms. The zero-order chi connectivity index (χ0) is 19.8. The Morgan fingerprint density at radius 3 is 2.44 bits per heavy atom. The Morgan fingerprint density at radius 2 is 1.81 bits per heavy atom. The monoisotopic (exact) mass is 383 g/mol.